The molecule has 0 saturated carbocycles. The van der Waals surface area contributed by atoms with Gasteiger partial charge in [0.25, 0.3) is 5.91 Å². The zero-order valence-corrected chi connectivity index (χ0v) is 15.5. The van der Waals surface area contributed by atoms with Crippen molar-refractivity contribution in [2.75, 3.05) is 13.1 Å². The Balaban J connectivity index is 1.43. The fraction of sp³-hybridized carbons (Fsp3) is 0.227. The van der Waals surface area contributed by atoms with E-state index in [2.05, 4.69) is 10.9 Å². The second-order valence-corrected chi connectivity index (χ2v) is 6.65. The molecular formula is C22H23N3O3. The molecule has 0 unspecified atom stereocenters. The van der Waals surface area contributed by atoms with Crippen LogP contribution >= 0.6 is 0 Å². The van der Waals surface area contributed by atoms with E-state index in [-0.39, 0.29) is 23.6 Å². The molecule has 1 aliphatic heterocycles. The van der Waals surface area contributed by atoms with Crippen molar-refractivity contribution in [1.29, 1.82) is 0 Å². The molecule has 28 heavy (non-hydrogen) atoms. The first kappa shape index (κ1) is 19.4. The van der Waals surface area contributed by atoms with Gasteiger partial charge < -0.3 is 4.90 Å². The molecule has 0 spiro atoms. The molecule has 2 aromatic carbocycles. The minimum Gasteiger partial charge on any atom is -0.339 e. The summed E-state index contributed by atoms with van der Waals surface area (Å²) >= 11 is 0. The summed E-state index contributed by atoms with van der Waals surface area (Å²) < 4.78 is 0. The van der Waals surface area contributed by atoms with Crippen molar-refractivity contribution in [3.05, 3.63) is 77.9 Å². The zero-order chi connectivity index (χ0) is 19.8. The topological polar surface area (TPSA) is 78.5 Å². The highest BCUT2D eigenvalue weighted by atomic mass is 16.2. The lowest BCUT2D eigenvalue weighted by molar-refractivity contribution is -0.132. The summed E-state index contributed by atoms with van der Waals surface area (Å²) in [5, 5.41) is 0. The average Bonchev–Trinajstić information content (AvgIpc) is 2.77. The first-order chi connectivity index (χ1) is 13.6. The lowest BCUT2D eigenvalue weighted by Crippen LogP contribution is -2.48. The Morgan fingerprint density at radius 3 is 2.11 bits per heavy atom. The van der Waals surface area contributed by atoms with Crippen LogP contribution in [-0.4, -0.2) is 35.7 Å². The van der Waals surface area contributed by atoms with Gasteiger partial charge in [0.2, 0.25) is 11.8 Å². The van der Waals surface area contributed by atoms with Crippen molar-refractivity contribution in [2.24, 2.45) is 5.92 Å². The first-order valence-corrected chi connectivity index (χ1v) is 9.31. The predicted octanol–water partition coefficient (Wildman–Crippen LogP) is 2.40. The van der Waals surface area contributed by atoms with E-state index in [4.69, 9.17) is 0 Å². The number of carbonyl (C=O) groups excluding carboxylic acids is 3. The third-order valence-electron chi connectivity index (χ3n) is 4.73. The number of carbonyl (C=O) groups is 3. The Kier molecular flexibility index (Phi) is 6.57. The number of hydrazine groups is 1. The highest BCUT2D eigenvalue weighted by Crippen LogP contribution is 2.17. The molecule has 1 aliphatic rings. The van der Waals surface area contributed by atoms with Crippen LogP contribution in [0.4, 0.5) is 0 Å². The Labute approximate surface area is 164 Å². The minimum atomic E-state index is -0.354. The Hall–Kier alpha value is -3.41. The summed E-state index contributed by atoms with van der Waals surface area (Å²) in [6, 6.07) is 18.3. The molecular weight excluding hydrogens is 354 g/mol. The summed E-state index contributed by atoms with van der Waals surface area (Å²) in [4.78, 5) is 38.3. The van der Waals surface area contributed by atoms with Gasteiger partial charge in [0, 0.05) is 30.6 Å². The maximum atomic E-state index is 12.3. The molecule has 144 valence electrons. The molecule has 0 bridgehead atoms. The summed E-state index contributed by atoms with van der Waals surface area (Å²) in [6.07, 6.45) is 4.49. The van der Waals surface area contributed by atoms with Crippen molar-refractivity contribution < 1.29 is 14.4 Å². The number of piperidine rings is 1. The summed E-state index contributed by atoms with van der Waals surface area (Å²) in [7, 11) is 0. The maximum absolute atomic E-state index is 12.3. The molecule has 0 aromatic heterocycles. The van der Waals surface area contributed by atoms with E-state index in [0.717, 1.165) is 5.56 Å². The van der Waals surface area contributed by atoms with E-state index in [1.807, 2.05) is 36.4 Å². The molecule has 3 rings (SSSR count). The van der Waals surface area contributed by atoms with Crippen molar-refractivity contribution >= 4 is 23.8 Å². The van der Waals surface area contributed by atoms with Crippen LogP contribution in [0.1, 0.15) is 28.8 Å². The third kappa shape index (κ3) is 5.30. The lowest BCUT2D eigenvalue weighted by Gasteiger charge is -2.30. The third-order valence-corrected chi connectivity index (χ3v) is 4.73. The largest absolute Gasteiger partial charge is 0.339 e. The smallest absolute Gasteiger partial charge is 0.269 e. The average molecular weight is 377 g/mol. The number of benzene rings is 2. The Morgan fingerprint density at radius 1 is 0.857 bits per heavy atom. The number of likely N-dealkylation sites (tertiary alicyclic amines) is 1. The summed E-state index contributed by atoms with van der Waals surface area (Å²) in [5.74, 6) is -0.859. The molecule has 1 fully saturated rings. The molecule has 1 heterocycles. The summed E-state index contributed by atoms with van der Waals surface area (Å²) in [5.41, 5.74) is 6.38. The second-order valence-electron chi connectivity index (χ2n) is 6.65. The van der Waals surface area contributed by atoms with Crippen molar-refractivity contribution in [2.45, 2.75) is 12.8 Å². The normalized spacial score (nSPS) is 14.6. The number of hydrogen-bond acceptors (Lipinski definition) is 3. The quantitative estimate of drug-likeness (QED) is 0.634. The molecule has 0 aliphatic carbocycles. The van der Waals surface area contributed by atoms with Crippen LogP contribution in [0, 0.1) is 5.92 Å². The fourth-order valence-electron chi connectivity index (χ4n) is 3.08. The van der Waals surface area contributed by atoms with Crippen LogP contribution < -0.4 is 10.9 Å². The molecule has 2 N–H and O–H groups in total. The van der Waals surface area contributed by atoms with Crippen LogP contribution in [0.3, 0.4) is 0 Å². The number of rotatable bonds is 4. The minimum absolute atomic E-state index is 0.0555. The van der Waals surface area contributed by atoms with Crippen LogP contribution in [0.2, 0.25) is 0 Å². The lowest BCUT2D eigenvalue weighted by atomic mass is 9.96. The van der Waals surface area contributed by atoms with Crippen LogP contribution in [0.5, 0.6) is 0 Å². The van der Waals surface area contributed by atoms with E-state index in [9.17, 15) is 14.4 Å². The van der Waals surface area contributed by atoms with Gasteiger partial charge in [-0.3, -0.25) is 25.2 Å². The van der Waals surface area contributed by atoms with Crippen molar-refractivity contribution in [3.8, 4) is 0 Å². The molecule has 3 amide bonds. The highest BCUT2D eigenvalue weighted by Gasteiger charge is 2.26. The maximum Gasteiger partial charge on any atom is 0.269 e. The molecule has 2 aromatic rings. The highest BCUT2D eigenvalue weighted by molar-refractivity contribution is 5.95. The SMILES string of the molecule is O=C(NNC(=O)C1CCN(C(=O)/C=C/c2ccccc2)CC1)c1ccccc1. The van der Waals surface area contributed by atoms with E-state index < -0.39 is 0 Å². The van der Waals surface area contributed by atoms with Gasteiger partial charge in [-0.1, -0.05) is 48.5 Å². The van der Waals surface area contributed by atoms with Gasteiger partial charge in [-0.05, 0) is 36.6 Å². The van der Waals surface area contributed by atoms with Gasteiger partial charge in [-0.25, -0.2) is 0 Å². The van der Waals surface area contributed by atoms with E-state index in [1.54, 1.807) is 41.3 Å². The standard InChI is InChI=1S/C22H23N3O3/c26-20(12-11-17-7-3-1-4-8-17)25-15-13-19(14-16-25)22(28)24-23-21(27)18-9-5-2-6-10-18/h1-12,19H,13-16H2,(H,23,27)(H,24,28)/b12-11+. The van der Waals surface area contributed by atoms with Gasteiger partial charge in [0.05, 0.1) is 0 Å². The molecule has 6 heteroatoms. The van der Waals surface area contributed by atoms with Crippen LogP contribution in [0.25, 0.3) is 6.08 Å². The van der Waals surface area contributed by atoms with Crippen molar-refractivity contribution in [3.63, 3.8) is 0 Å². The zero-order valence-electron chi connectivity index (χ0n) is 15.5. The van der Waals surface area contributed by atoms with Gasteiger partial charge >= 0.3 is 0 Å². The predicted molar refractivity (Wildman–Crippen MR) is 107 cm³/mol. The molecule has 1 saturated heterocycles. The molecule has 6 nitrogen and oxygen atoms in total. The van der Waals surface area contributed by atoms with Crippen molar-refractivity contribution in [1.82, 2.24) is 15.8 Å². The fourth-order valence-corrected chi connectivity index (χ4v) is 3.08. The first-order valence-electron chi connectivity index (χ1n) is 9.31. The van der Waals surface area contributed by atoms with E-state index in [1.165, 1.54) is 0 Å². The number of nitrogens with one attached hydrogen (secondary N) is 2. The van der Waals surface area contributed by atoms with Gasteiger partial charge in [-0.15, -0.1) is 0 Å². The van der Waals surface area contributed by atoms with Gasteiger partial charge in [0.15, 0.2) is 0 Å². The van der Waals surface area contributed by atoms with Gasteiger partial charge in [-0.2, -0.15) is 0 Å². The van der Waals surface area contributed by atoms with E-state index in [0.29, 0.717) is 31.5 Å². The Bertz CT molecular complexity index is 842. The van der Waals surface area contributed by atoms with Crippen LogP contribution in [-0.2, 0) is 9.59 Å². The van der Waals surface area contributed by atoms with Crippen LogP contribution in [0.15, 0.2) is 66.7 Å². The molecule has 0 radical (unpaired) electrons. The monoisotopic (exact) mass is 377 g/mol. The second kappa shape index (κ2) is 9.50. The van der Waals surface area contributed by atoms with Gasteiger partial charge in [0.1, 0.15) is 0 Å². The molecule has 0 atom stereocenters. The van der Waals surface area contributed by atoms with E-state index >= 15 is 0 Å². The number of amides is 3. The number of hydrogen-bond donors (Lipinski definition) is 2. The Morgan fingerprint density at radius 2 is 1.46 bits per heavy atom. The number of nitrogens with zero attached hydrogens (tertiary/aromatic N) is 1. The summed E-state index contributed by atoms with van der Waals surface area (Å²) in [6.45, 7) is 1.03.